The van der Waals surface area contributed by atoms with Crippen molar-refractivity contribution in [2.75, 3.05) is 6.67 Å². The number of quaternary nitrogens is 1. The number of hydrogen-bond donors (Lipinski definition) is 1. The van der Waals surface area contributed by atoms with Crippen molar-refractivity contribution in [1.29, 1.82) is 0 Å². The molecule has 0 radical (unpaired) electrons. The molecule has 1 atom stereocenters. The van der Waals surface area contributed by atoms with Gasteiger partial charge in [0.05, 0.1) is 11.6 Å². The maximum atomic E-state index is 12.2. The van der Waals surface area contributed by atoms with Crippen molar-refractivity contribution in [2.45, 2.75) is 45.6 Å². The van der Waals surface area contributed by atoms with Crippen LogP contribution in [0.2, 0.25) is 0 Å². The Morgan fingerprint density at radius 2 is 1.88 bits per heavy atom. The SMILES string of the molecule is CC(C)(C)[NH3+].CC(c1cccc(OC(F)(F)F)c1)N1C=CC=NC1. The van der Waals surface area contributed by atoms with E-state index in [-0.39, 0.29) is 17.3 Å². The average molecular weight is 344 g/mol. The highest BCUT2D eigenvalue weighted by atomic mass is 19.4. The van der Waals surface area contributed by atoms with Crippen molar-refractivity contribution in [3.63, 3.8) is 0 Å². The standard InChI is InChI=1S/C13H13F3N2O.C4H11N/c1-10(18-7-3-6-17-9-18)11-4-2-5-12(8-11)19-13(14,15)16;1-4(2,3)5/h2-8,10H,9H2,1H3;5H2,1-3H3/p+1. The molecule has 0 saturated heterocycles. The summed E-state index contributed by atoms with van der Waals surface area (Å²) in [6.45, 7) is 8.62. The molecule has 24 heavy (non-hydrogen) atoms. The van der Waals surface area contributed by atoms with Crippen molar-refractivity contribution in [3.8, 4) is 5.75 Å². The van der Waals surface area contributed by atoms with Crippen molar-refractivity contribution < 1.29 is 23.6 Å². The Balaban J connectivity index is 0.000000505. The first-order valence-electron chi connectivity index (χ1n) is 7.59. The molecule has 7 heteroatoms. The van der Waals surface area contributed by atoms with Gasteiger partial charge < -0.3 is 15.4 Å². The van der Waals surface area contributed by atoms with E-state index in [9.17, 15) is 13.2 Å². The molecule has 0 spiro atoms. The van der Waals surface area contributed by atoms with Gasteiger partial charge in [0.15, 0.2) is 0 Å². The molecule has 0 bridgehead atoms. The number of hydrogen-bond acceptors (Lipinski definition) is 3. The van der Waals surface area contributed by atoms with Crippen LogP contribution in [0, 0.1) is 0 Å². The molecule has 134 valence electrons. The summed E-state index contributed by atoms with van der Waals surface area (Å²) in [4.78, 5) is 6.01. The van der Waals surface area contributed by atoms with E-state index in [0.29, 0.717) is 6.67 Å². The Labute approximate surface area is 140 Å². The molecular weight excluding hydrogens is 319 g/mol. The lowest BCUT2D eigenvalue weighted by molar-refractivity contribution is -0.458. The lowest BCUT2D eigenvalue weighted by atomic mass is 10.1. The number of ether oxygens (including phenoxy) is 1. The summed E-state index contributed by atoms with van der Waals surface area (Å²) in [7, 11) is 0. The zero-order chi connectivity index (χ0) is 18.4. The molecule has 4 nitrogen and oxygen atoms in total. The quantitative estimate of drug-likeness (QED) is 0.912. The Bertz CT molecular complexity index is 571. The Kier molecular flexibility index (Phi) is 6.83. The molecule has 1 heterocycles. The van der Waals surface area contributed by atoms with Gasteiger partial charge >= 0.3 is 6.36 Å². The smallest absolute Gasteiger partial charge is 0.406 e. The predicted octanol–water partition coefficient (Wildman–Crippen LogP) is 3.53. The Hall–Kier alpha value is -2.02. The highest BCUT2D eigenvalue weighted by Gasteiger charge is 2.31. The minimum Gasteiger partial charge on any atom is -0.406 e. The van der Waals surface area contributed by atoms with E-state index >= 15 is 0 Å². The van der Waals surface area contributed by atoms with Crippen LogP contribution >= 0.6 is 0 Å². The van der Waals surface area contributed by atoms with Crippen LogP contribution in [0.25, 0.3) is 0 Å². The number of nitrogens with zero attached hydrogens (tertiary/aromatic N) is 2. The fourth-order valence-electron chi connectivity index (χ4n) is 1.81. The first-order chi connectivity index (χ1) is 11.0. The van der Waals surface area contributed by atoms with Crippen LogP contribution in [0.4, 0.5) is 13.2 Å². The average Bonchev–Trinajstić information content (AvgIpc) is 2.44. The van der Waals surface area contributed by atoms with Crippen molar-refractivity contribution in [2.24, 2.45) is 4.99 Å². The summed E-state index contributed by atoms with van der Waals surface area (Å²) in [6.07, 6.45) is 0.661. The summed E-state index contributed by atoms with van der Waals surface area (Å²) in [6, 6.07) is 5.91. The van der Waals surface area contributed by atoms with Gasteiger partial charge in [-0.15, -0.1) is 13.2 Å². The molecule has 3 N–H and O–H groups in total. The van der Waals surface area contributed by atoms with Crippen molar-refractivity contribution in [1.82, 2.24) is 4.90 Å². The first kappa shape index (κ1) is 20.0. The van der Waals surface area contributed by atoms with E-state index < -0.39 is 6.36 Å². The zero-order valence-electron chi connectivity index (χ0n) is 14.5. The lowest BCUT2D eigenvalue weighted by Crippen LogP contribution is -2.67. The number of benzene rings is 1. The number of rotatable bonds is 3. The van der Waals surface area contributed by atoms with Crippen molar-refractivity contribution in [3.05, 3.63) is 42.1 Å². The number of halogens is 3. The predicted molar refractivity (Wildman–Crippen MR) is 88.5 cm³/mol. The molecule has 0 amide bonds. The topological polar surface area (TPSA) is 52.5 Å². The normalized spacial score (nSPS) is 15.6. The first-order valence-corrected chi connectivity index (χ1v) is 7.59. The third kappa shape index (κ3) is 8.57. The van der Waals surface area contributed by atoms with Gasteiger partial charge in [-0.05, 0) is 51.5 Å². The van der Waals surface area contributed by atoms with Gasteiger partial charge in [-0.3, -0.25) is 4.99 Å². The Morgan fingerprint density at radius 3 is 2.38 bits per heavy atom. The highest BCUT2D eigenvalue weighted by molar-refractivity contribution is 5.71. The molecule has 0 fully saturated rings. The number of allylic oxidation sites excluding steroid dienone is 1. The molecule has 0 aromatic heterocycles. The largest absolute Gasteiger partial charge is 0.573 e. The van der Waals surface area contributed by atoms with E-state index in [0.717, 1.165) is 5.56 Å². The molecule has 1 aromatic carbocycles. The summed E-state index contributed by atoms with van der Waals surface area (Å²) in [5.74, 6) is -0.207. The van der Waals surface area contributed by atoms with Crippen LogP contribution in [-0.2, 0) is 0 Å². The van der Waals surface area contributed by atoms with Gasteiger partial charge in [0.1, 0.15) is 12.4 Å². The summed E-state index contributed by atoms with van der Waals surface area (Å²) < 4.78 is 40.4. The minimum atomic E-state index is -4.67. The fraction of sp³-hybridized carbons (Fsp3) is 0.471. The van der Waals surface area contributed by atoms with E-state index in [2.05, 4.69) is 36.2 Å². The van der Waals surface area contributed by atoms with Gasteiger partial charge in [-0.2, -0.15) is 0 Å². The van der Waals surface area contributed by atoms with Crippen LogP contribution in [0.1, 0.15) is 39.3 Å². The monoisotopic (exact) mass is 344 g/mol. The van der Waals surface area contributed by atoms with Crippen LogP contribution in [-0.4, -0.2) is 29.7 Å². The summed E-state index contributed by atoms with van der Waals surface area (Å²) >= 11 is 0. The second kappa shape index (κ2) is 8.19. The molecule has 0 aliphatic carbocycles. The summed E-state index contributed by atoms with van der Waals surface area (Å²) in [5.41, 5.74) is 4.76. The molecule has 1 unspecified atom stereocenters. The molecule has 1 aliphatic heterocycles. The fourth-order valence-corrected chi connectivity index (χ4v) is 1.81. The maximum absolute atomic E-state index is 12.2. The number of alkyl halides is 3. The Morgan fingerprint density at radius 1 is 1.25 bits per heavy atom. The van der Waals surface area contributed by atoms with Crippen LogP contribution in [0.15, 0.2) is 41.5 Å². The maximum Gasteiger partial charge on any atom is 0.573 e. The third-order valence-corrected chi connectivity index (χ3v) is 2.79. The molecule has 0 saturated carbocycles. The van der Waals surface area contributed by atoms with E-state index in [4.69, 9.17) is 0 Å². The molecule has 1 aromatic rings. The molecular formula is C17H25F3N3O+. The van der Waals surface area contributed by atoms with Gasteiger partial charge in [0.2, 0.25) is 0 Å². The number of aliphatic imine (C=N–C) groups is 1. The van der Waals surface area contributed by atoms with E-state index in [1.54, 1.807) is 24.4 Å². The van der Waals surface area contributed by atoms with Gasteiger partial charge in [-0.25, -0.2) is 0 Å². The second-order valence-corrected chi connectivity index (χ2v) is 6.69. The van der Waals surface area contributed by atoms with Crippen LogP contribution in [0.5, 0.6) is 5.75 Å². The van der Waals surface area contributed by atoms with E-state index in [1.165, 1.54) is 12.1 Å². The van der Waals surface area contributed by atoms with Crippen molar-refractivity contribution >= 4 is 6.21 Å². The zero-order valence-corrected chi connectivity index (χ0v) is 14.5. The molecule has 2 rings (SSSR count). The highest BCUT2D eigenvalue weighted by Crippen LogP contribution is 2.28. The summed E-state index contributed by atoms with van der Waals surface area (Å²) in [5, 5.41) is 0. The second-order valence-electron chi connectivity index (χ2n) is 6.69. The van der Waals surface area contributed by atoms with Crippen LogP contribution in [0.3, 0.4) is 0 Å². The van der Waals surface area contributed by atoms with E-state index in [1.807, 2.05) is 18.0 Å². The third-order valence-electron chi connectivity index (χ3n) is 2.79. The van der Waals surface area contributed by atoms with Gasteiger partial charge in [0.25, 0.3) is 0 Å². The van der Waals surface area contributed by atoms with Crippen LogP contribution < -0.4 is 10.5 Å². The lowest BCUT2D eigenvalue weighted by Gasteiger charge is -2.28. The minimum absolute atomic E-state index is 0.0783. The van der Waals surface area contributed by atoms with Gasteiger partial charge in [-0.1, -0.05) is 12.1 Å². The van der Waals surface area contributed by atoms with Gasteiger partial charge in [0, 0.05) is 12.4 Å². The molecule has 1 aliphatic rings.